The van der Waals surface area contributed by atoms with Crippen molar-refractivity contribution in [3.63, 3.8) is 0 Å². The number of aromatic nitrogens is 1. The highest BCUT2D eigenvalue weighted by Gasteiger charge is 2.13. The van der Waals surface area contributed by atoms with Gasteiger partial charge in [-0.3, -0.25) is 4.79 Å². The van der Waals surface area contributed by atoms with Crippen LogP contribution >= 0.6 is 46.1 Å². The normalized spacial score (nSPS) is 10.6. The molecule has 122 valence electrons. The van der Waals surface area contributed by atoms with Crippen molar-refractivity contribution in [2.24, 2.45) is 0 Å². The predicted molar refractivity (Wildman–Crippen MR) is 98.4 cm³/mol. The summed E-state index contributed by atoms with van der Waals surface area (Å²) in [5.74, 6) is -0.221. The standard InChI is InChI=1S/C17H10Cl3NO2S/c18-11-3-1-2-10(6-11)17-21-13(9-24-17)8-16(22)23-15-7-12(19)4-5-14(15)20/h1-7,9H,8H2. The van der Waals surface area contributed by atoms with E-state index in [0.717, 1.165) is 10.6 Å². The number of thiazole rings is 1. The van der Waals surface area contributed by atoms with Crippen molar-refractivity contribution in [2.45, 2.75) is 6.42 Å². The van der Waals surface area contributed by atoms with Gasteiger partial charge >= 0.3 is 5.97 Å². The van der Waals surface area contributed by atoms with Gasteiger partial charge in [0.05, 0.1) is 17.1 Å². The molecule has 0 amide bonds. The topological polar surface area (TPSA) is 39.2 Å². The minimum Gasteiger partial charge on any atom is -0.425 e. The number of halogens is 3. The molecule has 0 saturated heterocycles. The Kier molecular flexibility index (Phi) is 5.41. The van der Waals surface area contributed by atoms with Gasteiger partial charge in [0.15, 0.2) is 5.75 Å². The summed E-state index contributed by atoms with van der Waals surface area (Å²) in [5, 5.41) is 4.02. The number of ether oxygens (including phenoxy) is 1. The molecule has 1 aromatic heterocycles. The molecule has 0 bridgehead atoms. The van der Waals surface area contributed by atoms with Gasteiger partial charge in [0.2, 0.25) is 0 Å². The number of hydrogen-bond donors (Lipinski definition) is 0. The first-order chi connectivity index (χ1) is 11.5. The van der Waals surface area contributed by atoms with E-state index in [2.05, 4.69) is 4.98 Å². The van der Waals surface area contributed by atoms with Crippen LogP contribution in [-0.2, 0) is 11.2 Å². The third-order valence-electron chi connectivity index (χ3n) is 3.07. The molecular formula is C17H10Cl3NO2S. The van der Waals surface area contributed by atoms with Crippen molar-refractivity contribution >= 4 is 52.1 Å². The SMILES string of the molecule is O=C(Cc1csc(-c2cccc(Cl)c2)n1)Oc1cc(Cl)ccc1Cl. The molecule has 3 rings (SSSR count). The number of rotatable bonds is 4. The van der Waals surface area contributed by atoms with Crippen molar-refractivity contribution in [2.75, 3.05) is 0 Å². The summed E-state index contributed by atoms with van der Waals surface area (Å²) in [6, 6.07) is 12.1. The largest absolute Gasteiger partial charge is 0.425 e. The number of esters is 1. The molecule has 0 aliphatic heterocycles. The summed E-state index contributed by atoms with van der Waals surface area (Å²) in [5.41, 5.74) is 1.53. The fourth-order valence-corrected chi connectivity index (χ4v) is 3.33. The van der Waals surface area contributed by atoms with Crippen molar-refractivity contribution in [3.05, 3.63) is 68.6 Å². The van der Waals surface area contributed by atoms with E-state index < -0.39 is 5.97 Å². The van der Waals surface area contributed by atoms with E-state index in [9.17, 15) is 4.79 Å². The second kappa shape index (κ2) is 7.53. The summed E-state index contributed by atoms with van der Waals surface area (Å²) in [6.45, 7) is 0. The molecule has 24 heavy (non-hydrogen) atoms. The van der Waals surface area contributed by atoms with Crippen molar-refractivity contribution in [1.29, 1.82) is 0 Å². The summed E-state index contributed by atoms with van der Waals surface area (Å²) < 4.78 is 5.25. The van der Waals surface area contributed by atoms with E-state index in [1.165, 1.54) is 17.4 Å². The summed E-state index contributed by atoms with van der Waals surface area (Å²) in [4.78, 5) is 16.5. The maximum atomic E-state index is 12.1. The number of nitrogens with zero attached hydrogens (tertiary/aromatic N) is 1. The minimum atomic E-state index is -0.456. The van der Waals surface area contributed by atoms with Gasteiger partial charge in [-0.15, -0.1) is 11.3 Å². The number of carbonyl (C=O) groups excluding carboxylic acids is 1. The molecule has 1 heterocycles. The maximum Gasteiger partial charge on any atom is 0.317 e. The molecule has 0 saturated carbocycles. The smallest absolute Gasteiger partial charge is 0.317 e. The Morgan fingerprint density at radius 3 is 2.67 bits per heavy atom. The molecule has 0 fully saturated rings. The molecule has 2 aromatic carbocycles. The minimum absolute atomic E-state index is 0.0416. The number of carbonyl (C=O) groups is 1. The van der Waals surface area contributed by atoms with Crippen LogP contribution in [0.15, 0.2) is 47.8 Å². The molecule has 0 aliphatic rings. The van der Waals surface area contributed by atoms with E-state index in [4.69, 9.17) is 39.5 Å². The third-order valence-corrected chi connectivity index (χ3v) is 4.79. The number of hydrogen-bond acceptors (Lipinski definition) is 4. The van der Waals surface area contributed by atoms with Gasteiger partial charge in [-0.1, -0.05) is 46.9 Å². The fraction of sp³-hybridized carbons (Fsp3) is 0.0588. The summed E-state index contributed by atoms with van der Waals surface area (Å²) in [6.07, 6.45) is 0.0416. The van der Waals surface area contributed by atoms with Crippen molar-refractivity contribution in [3.8, 4) is 16.3 Å². The highest BCUT2D eigenvalue weighted by atomic mass is 35.5. The second-order valence-corrected chi connectivity index (χ2v) is 7.02. The van der Waals surface area contributed by atoms with E-state index in [1.54, 1.807) is 18.2 Å². The quantitative estimate of drug-likeness (QED) is 0.404. The van der Waals surface area contributed by atoms with Crippen LogP contribution in [-0.4, -0.2) is 11.0 Å². The van der Waals surface area contributed by atoms with Crippen LogP contribution in [0, 0.1) is 0 Å². The molecule has 3 aromatic rings. The predicted octanol–water partition coefficient (Wildman–Crippen LogP) is 5.92. The molecular weight excluding hydrogens is 389 g/mol. The Morgan fingerprint density at radius 2 is 1.88 bits per heavy atom. The Balaban J connectivity index is 1.70. The van der Waals surface area contributed by atoms with Gasteiger partial charge in [-0.2, -0.15) is 0 Å². The Bertz CT molecular complexity index is 895. The lowest BCUT2D eigenvalue weighted by Crippen LogP contribution is -2.11. The third kappa shape index (κ3) is 4.28. The van der Waals surface area contributed by atoms with Crippen LogP contribution in [0.5, 0.6) is 5.75 Å². The van der Waals surface area contributed by atoms with Gasteiger partial charge in [-0.05, 0) is 24.3 Å². The molecule has 0 spiro atoms. The highest BCUT2D eigenvalue weighted by molar-refractivity contribution is 7.13. The Labute approximate surface area is 157 Å². The second-order valence-electron chi connectivity index (χ2n) is 4.88. The van der Waals surface area contributed by atoms with E-state index in [-0.39, 0.29) is 12.2 Å². The zero-order valence-corrected chi connectivity index (χ0v) is 15.2. The average molecular weight is 399 g/mol. The lowest BCUT2D eigenvalue weighted by molar-refractivity contribution is -0.133. The molecule has 0 N–H and O–H groups in total. The van der Waals surface area contributed by atoms with E-state index in [0.29, 0.717) is 20.8 Å². The number of benzene rings is 2. The highest BCUT2D eigenvalue weighted by Crippen LogP contribution is 2.29. The first kappa shape index (κ1) is 17.2. The monoisotopic (exact) mass is 397 g/mol. The first-order valence-electron chi connectivity index (χ1n) is 6.87. The Morgan fingerprint density at radius 1 is 1.08 bits per heavy atom. The van der Waals surface area contributed by atoms with Crippen LogP contribution in [0.2, 0.25) is 15.1 Å². The van der Waals surface area contributed by atoms with Crippen LogP contribution in [0.1, 0.15) is 5.69 Å². The van der Waals surface area contributed by atoms with Crippen LogP contribution in [0.25, 0.3) is 10.6 Å². The fourth-order valence-electron chi connectivity index (χ4n) is 2.00. The van der Waals surface area contributed by atoms with Crippen LogP contribution < -0.4 is 4.74 Å². The van der Waals surface area contributed by atoms with Crippen LogP contribution in [0.3, 0.4) is 0 Å². The zero-order valence-electron chi connectivity index (χ0n) is 12.1. The molecule has 0 radical (unpaired) electrons. The maximum absolute atomic E-state index is 12.1. The summed E-state index contributed by atoms with van der Waals surface area (Å²) in [7, 11) is 0. The van der Waals surface area contributed by atoms with E-state index in [1.807, 2.05) is 23.6 Å². The molecule has 3 nitrogen and oxygen atoms in total. The molecule has 0 atom stereocenters. The zero-order chi connectivity index (χ0) is 17.1. The van der Waals surface area contributed by atoms with Crippen molar-refractivity contribution in [1.82, 2.24) is 4.98 Å². The first-order valence-corrected chi connectivity index (χ1v) is 8.89. The molecule has 0 unspecified atom stereocenters. The Hall–Kier alpha value is -1.59. The van der Waals surface area contributed by atoms with Gasteiger partial charge in [0.1, 0.15) is 5.01 Å². The lowest BCUT2D eigenvalue weighted by Gasteiger charge is -2.05. The summed E-state index contributed by atoms with van der Waals surface area (Å²) >= 11 is 19.3. The lowest BCUT2D eigenvalue weighted by atomic mass is 10.2. The molecule has 0 aliphatic carbocycles. The average Bonchev–Trinajstić information content (AvgIpc) is 2.99. The van der Waals surface area contributed by atoms with Gasteiger partial charge in [0.25, 0.3) is 0 Å². The van der Waals surface area contributed by atoms with Crippen molar-refractivity contribution < 1.29 is 9.53 Å². The van der Waals surface area contributed by atoms with E-state index >= 15 is 0 Å². The van der Waals surface area contributed by atoms with Gasteiger partial charge < -0.3 is 4.74 Å². The molecule has 7 heteroatoms. The van der Waals surface area contributed by atoms with Gasteiger partial charge in [-0.25, -0.2) is 4.98 Å². The van der Waals surface area contributed by atoms with Crippen LogP contribution in [0.4, 0.5) is 0 Å². The van der Waals surface area contributed by atoms with Gasteiger partial charge in [0, 0.05) is 27.1 Å².